The molecule has 0 aromatic carbocycles. The Morgan fingerprint density at radius 2 is 2.29 bits per heavy atom. The van der Waals surface area contributed by atoms with Gasteiger partial charge in [-0.3, -0.25) is 4.79 Å². The summed E-state index contributed by atoms with van der Waals surface area (Å²) in [6.07, 6.45) is 2.88. The van der Waals surface area contributed by atoms with E-state index in [1.807, 2.05) is 0 Å². The summed E-state index contributed by atoms with van der Waals surface area (Å²) in [5, 5.41) is 0.314. The van der Waals surface area contributed by atoms with Crippen LogP contribution in [0.4, 0.5) is 0 Å². The largest absolute Gasteiger partial charge is 0.319 e. The lowest BCUT2D eigenvalue weighted by atomic mass is 10.4. The second-order valence-electron chi connectivity index (χ2n) is 2.91. The van der Waals surface area contributed by atoms with Crippen LogP contribution in [0, 0.1) is 0 Å². The van der Waals surface area contributed by atoms with E-state index < -0.39 is 0 Å². The molecule has 72 valence electrons. The molecule has 0 spiro atoms. The van der Waals surface area contributed by atoms with Crippen LogP contribution >= 0.6 is 11.6 Å². The lowest BCUT2D eigenvalue weighted by Crippen LogP contribution is -2.05. The monoisotopic (exact) mass is 210 g/mol. The molecule has 2 aromatic rings. The van der Waals surface area contributed by atoms with Gasteiger partial charge in [0.15, 0.2) is 10.8 Å². The highest BCUT2D eigenvalue weighted by molar-refractivity contribution is 6.33. The van der Waals surface area contributed by atoms with Gasteiger partial charge in [0.1, 0.15) is 17.6 Å². The summed E-state index contributed by atoms with van der Waals surface area (Å²) in [6, 6.07) is 0. The molecule has 2 aromatic heterocycles. The zero-order chi connectivity index (χ0) is 10.1. The van der Waals surface area contributed by atoms with Crippen LogP contribution in [0.25, 0.3) is 11.2 Å². The Hall–Kier alpha value is -1.49. The van der Waals surface area contributed by atoms with Gasteiger partial charge in [-0.2, -0.15) is 0 Å². The number of nitrogens with zero attached hydrogens (tertiary/aromatic N) is 4. The van der Waals surface area contributed by atoms with Gasteiger partial charge in [0, 0.05) is 0 Å². The molecule has 0 bridgehead atoms. The number of Topliss-reactive ketones (excluding diaryl/α,β-unsaturated/α-hetero) is 1. The predicted molar refractivity (Wildman–Crippen MR) is 51.0 cm³/mol. The standard InChI is InChI=1S/C8H7ClN4O/c1-5(14)2-13-4-12-8-6(13)7(9)10-3-11-8/h3-4H,2H2,1H3. The van der Waals surface area contributed by atoms with Gasteiger partial charge in [-0.05, 0) is 6.92 Å². The van der Waals surface area contributed by atoms with E-state index in [9.17, 15) is 4.79 Å². The first-order chi connectivity index (χ1) is 6.68. The fourth-order valence-corrected chi connectivity index (χ4v) is 1.47. The van der Waals surface area contributed by atoms with Crippen molar-refractivity contribution in [1.29, 1.82) is 0 Å². The molecule has 0 aliphatic rings. The van der Waals surface area contributed by atoms with Crippen LogP contribution in [0.5, 0.6) is 0 Å². The van der Waals surface area contributed by atoms with Crippen molar-refractivity contribution in [3.05, 3.63) is 17.8 Å². The van der Waals surface area contributed by atoms with Gasteiger partial charge in [-0.25, -0.2) is 15.0 Å². The van der Waals surface area contributed by atoms with Crippen molar-refractivity contribution in [3.8, 4) is 0 Å². The van der Waals surface area contributed by atoms with Gasteiger partial charge in [-0.1, -0.05) is 11.6 Å². The fourth-order valence-electron chi connectivity index (χ4n) is 1.23. The van der Waals surface area contributed by atoms with Crippen molar-refractivity contribution in [3.63, 3.8) is 0 Å². The lowest BCUT2D eigenvalue weighted by Gasteiger charge is -2.00. The summed E-state index contributed by atoms with van der Waals surface area (Å²) in [5.74, 6) is 0.0317. The predicted octanol–water partition coefficient (Wildman–Crippen LogP) is 1.07. The van der Waals surface area contributed by atoms with Gasteiger partial charge < -0.3 is 4.57 Å². The number of aromatic nitrogens is 4. The Bertz CT molecular complexity index is 493. The third-order valence-electron chi connectivity index (χ3n) is 1.76. The molecule has 2 rings (SSSR count). The number of ketones is 1. The third-order valence-corrected chi connectivity index (χ3v) is 2.03. The first kappa shape index (κ1) is 9.08. The van der Waals surface area contributed by atoms with Crippen LogP contribution in [-0.4, -0.2) is 25.3 Å². The number of carbonyl (C=O) groups is 1. The number of rotatable bonds is 2. The maximum Gasteiger partial charge on any atom is 0.182 e. The summed E-state index contributed by atoms with van der Waals surface area (Å²) in [6.45, 7) is 1.74. The Kier molecular flexibility index (Phi) is 2.17. The quantitative estimate of drug-likeness (QED) is 0.696. The van der Waals surface area contributed by atoms with Gasteiger partial charge in [0.05, 0.1) is 12.9 Å². The molecular formula is C8H7ClN4O. The highest BCUT2D eigenvalue weighted by Gasteiger charge is 2.09. The van der Waals surface area contributed by atoms with Gasteiger partial charge >= 0.3 is 0 Å². The minimum atomic E-state index is 0.0317. The highest BCUT2D eigenvalue weighted by Crippen LogP contribution is 2.17. The van der Waals surface area contributed by atoms with Crippen molar-refractivity contribution < 1.29 is 4.79 Å². The number of fused-ring (bicyclic) bond motifs is 1. The molecular weight excluding hydrogens is 204 g/mol. The zero-order valence-corrected chi connectivity index (χ0v) is 8.19. The van der Waals surface area contributed by atoms with E-state index in [-0.39, 0.29) is 12.3 Å². The maximum absolute atomic E-state index is 10.9. The molecule has 0 aliphatic carbocycles. The summed E-state index contributed by atoms with van der Waals surface area (Å²) in [7, 11) is 0. The molecule has 0 N–H and O–H groups in total. The molecule has 5 nitrogen and oxygen atoms in total. The normalized spacial score (nSPS) is 10.7. The molecule has 0 radical (unpaired) electrons. The second-order valence-corrected chi connectivity index (χ2v) is 3.27. The molecule has 0 atom stereocenters. The van der Waals surface area contributed by atoms with Crippen LogP contribution in [0.15, 0.2) is 12.7 Å². The molecule has 0 unspecified atom stereocenters. The van der Waals surface area contributed by atoms with E-state index in [0.717, 1.165) is 0 Å². The molecule has 0 amide bonds. The number of imidazole rings is 1. The van der Waals surface area contributed by atoms with Gasteiger partial charge in [0.2, 0.25) is 0 Å². The Labute approximate surface area is 84.8 Å². The molecule has 0 aliphatic heterocycles. The van der Waals surface area contributed by atoms with Crippen LogP contribution < -0.4 is 0 Å². The smallest absolute Gasteiger partial charge is 0.182 e. The first-order valence-corrected chi connectivity index (χ1v) is 4.37. The van der Waals surface area contributed by atoms with E-state index in [1.54, 1.807) is 4.57 Å². The fraction of sp³-hybridized carbons (Fsp3) is 0.250. The molecule has 2 heterocycles. The number of hydrogen-bond donors (Lipinski definition) is 0. The van der Waals surface area contributed by atoms with E-state index in [2.05, 4.69) is 15.0 Å². The third kappa shape index (κ3) is 1.46. The summed E-state index contributed by atoms with van der Waals surface area (Å²) < 4.78 is 1.64. The van der Waals surface area contributed by atoms with Crippen molar-refractivity contribution in [2.45, 2.75) is 13.5 Å². The number of carbonyl (C=O) groups excluding carboxylic acids is 1. The first-order valence-electron chi connectivity index (χ1n) is 3.99. The maximum atomic E-state index is 10.9. The van der Waals surface area contributed by atoms with Crippen LogP contribution in [0.3, 0.4) is 0 Å². The van der Waals surface area contributed by atoms with E-state index >= 15 is 0 Å². The van der Waals surface area contributed by atoms with Crippen molar-refractivity contribution in [2.75, 3.05) is 0 Å². The van der Waals surface area contributed by atoms with Gasteiger partial charge in [0.25, 0.3) is 0 Å². The van der Waals surface area contributed by atoms with Crippen LogP contribution in [0.1, 0.15) is 6.92 Å². The summed E-state index contributed by atoms with van der Waals surface area (Å²) in [4.78, 5) is 22.7. The summed E-state index contributed by atoms with van der Waals surface area (Å²) in [5.41, 5.74) is 1.11. The molecule has 0 saturated heterocycles. The molecule has 14 heavy (non-hydrogen) atoms. The number of halogens is 1. The topological polar surface area (TPSA) is 60.7 Å². The van der Waals surface area contributed by atoms with E-state index in [1.165, 1.54) is 19.6 Å². The molecule has 0 fully saturated rings. The Morgan fingerprint density at radius 1 is 1.50 bits per heavy atom. The molecule has 6 heteroatoms. The lowest BCUT2D eigenvalue weighted by molar-refractivity contribution is -0.117. The zero-order valence-electron chi connectivity index (χ0n) is 7.44. The minimum absolute atomic E-state index is 0.0317. The van der Waals surface area contributed by atoms with Gasteiger partial charge in [-0.15, -0.1) is 0 Å². The second kappa shape index (κ2) is 3.34. The average molecular weight is 211 g/mol. The Balaban J connectivity index is 2.61. The van der Waals surface area contributed by atoms with Crippen LogP contribution in [-0.2, 0) is 11.3 Å². The number of hydrogen-bond acceptors (Lipinski definition) is 4. The average Bonchev–Trinajstić information content (AvgIpc) is 2.49. The molecule has 0 saturated carbocycles. The van der Waals surface area contributed by atoms with Crippen LogP contribution in [0.2, 0.25) is 5.15 Å². The van der Waals surface area contributed by atoms with E-state index in [0.29, 0.717) is 16.3 Å². The Morgan fingerprint density at radius 3 is 3.00 bits per heavy atom. The SMILES string of the molecule is CC(=O)Cn1cnc2ncnc(Cl)c21. The highest BCUT2D eigenvalue weighted by atomic mass is 35.5. The van der Waals surface area contributed by atoms with E-state index in [4.69, 9.17) is 11.6 Å². The van der Waals surface area contributed by atoms with Crippen molar-refractivity contribution in [1.82, 2.24) is 19.5 Å². The summed E-state index contributed by atoms with van der Waals surface area (Å²) >= 11 is 5.86. The minimum Gasteiger partial charge on any atom is -0.319 e. The van der Waals surface area contributed by atoms with Crippen molar-refractivity contribution in [2.24, 2.45) is 0 Å². The van der Waals surface area contributed by atoms with Crippen molar-refractivity contribution >= 4 is 28.5 Å².